The number of aliphatic carboxylic acids is 1. The molecule has 0 aliphatic heterocycles. The second kappa shape index (κ2) is 8.57. The molecule has 0 saturated carbocycles. The number of carbonyl (C=O) groups excluding carboxylic acids is 1. The second-order valence-electron chi connectivity index (χ2n) is 4.46. The van der Waals surface area contributed by atoms with Gasteiger partial charge in [-0.05, 0) is 6.92 Å². The van der Waals surface area contributed by atoms with Gasteiger partial charge in [0.1, 0.15) is 0 Å². The quantitative estimate of drug-likeness (QED) is 0.752. The van der Waals surface area contributed by atoms with Gasteiger partial charge in [0.15, 0.2) is 0 Å². The average molecular weight is 307 g/mol. The Hall–Kier alpha value is 0.269. The number of rotatable bonds is 3. The van der Waals surface area contributed by atoms with E-state index in [9.17, 15) is 0 Å². The van der Waals surface area contributed by atoms with E-state index >= 15 is 0 Å². The Morgan fingerprint density at radius 3 is 1.07 bits per heavy atom. The number of carbonyl (C=O) groups is 1. The first-order valence-electron chi connectivity index (χ1n) is 5.24. The van der Waals surface area contributed by atoms with Gasteiger partial charge in [0, 0.05) is 5.97 Å². The standard InChI is InChI=1S/3C3H7.C2H4O2.Sn/c3*1-3-2;1-2(3)4;/h3*3H,1-2H3;1H3,(H,3,4);/q;;;;+1/p-1. The first-order valence-corrected chi connectivity index (χ1v) is 10.2. The SMILES string of the molecule is CC(=O)[O-].C[CH](C)[Sn+]([CH](C)C)[CH](C)C. The molecular formula is C11H24O2Sn. The summed E-state index contributed by atoms with van der Waals surface area (Å²) in [5.41, 5.74) is 0. The molecule has 0 unspecified atom stereocenters. The molecule has 0 N–H and O–H groups in total. The van der Waals surface area contributed by atoms with Crippen molar-refractivity contribution in [1.29, 1.82) is 0 Å². The zero-order valence-corrected chi connectivity index (χ0v) is 13.4. The topological polar surface area (TPSA) is 40.1 Å². The van der Waals surface area contributed by atoms with Gasteiger partial charge in [-0.3, -0.25) is 0 Å². The van der Waals surface area contributed by atoms with Crippen LogP contribution in [-0.2, 0) is 4.79 Å². The maximum atomic E-state index is 8.89. The predicted octanol–water partition coefficient (Wildman–Crippen LogP) is 2.47. The van der Waals surface area contributed by atoms with E-state index in [1.165, 1.54) is 0 Å². The summed E-state index contributed by atoms with van der Waals surface area (Å²) in [5, 5.41) is 8.89. The van der Waals surface area contributed by atoms with Crippen LogP contribution in [0.25, 0.3) is 0 Å². The summed E-state index contributed by atoms with van der Waals surface area (Å²) >= 11 is -1.01. The number of hydrogen-bond donors (Lipinski definition) is 0. The number of carboxylic acids is 1. The average Bonchev–Trinajstić information content (AvgIpc) is 1.80. The first kappa shape index (κ1) is 16.7. The van der Waals surface area contributed by atoms with E-state index in [1.54, 1.807) is 0 Å². The van der Waals surface area contributed by atoms with E-state index in [4.69, 9.17) is 9.90 Å². The van der Waals surface area contributed by atoms with E-state index < -0.39 is 25.7 Å². The third-order valence-electron chi connectivity index (χ3n) is 2.00. The van der Waals surface area contributed by atoms with E-state index in [2.05, 4.69) is 41.5 Å². The second-order valence-corrected chi connectivity index (χ2v) is 17.2. The number of carboxylic acid groups (broad SMARTS) is 1. The Morgan fingerprint density at radius 2 is 1.07 bits per heavy atom. The molecule has 0 rings (SSSR count). The fourth-order valence-electron chi connectivity index (χ4n) is 2.00. The molecule has 0 aliphatic carbocycles. The summed E-state index contributed by atoms with van der Waals surface area (Å²) in [6.45, 7) is 15.4. The van der Waals surface area contributed by atoms with Crippen molar-refractivity contribution in [2.45, 2.75) is 60.3 Å². The van der Waals surface area contributed by atoms with Crippen LogP contribution >= 0.6 is 0 Å². The minimum absolute atomic E-state index is 0.972. The van der Waals surface area contributed by atoms with Crippen LogP contribution < -0.4 is 5.11 Å². The summed E-state index contributed by atoms with van der Waals surface area (Å²) < 4.78 is 3.09. The molecule has 0 radical (unpaired) electrons. The summed E-state index contributed by atoms with van der Waals surface area (Å²) in [6.07, 6.45) is 0. The van der Waals surface area contributed by atoms with Crippen LogP contribution in [0.2, 0.25) is 11.8 Å². The fraction of sp³-hybridized carbons (Fsp3) is 0.909. The molecule has 0 aromatic carbocycles. The van der Waals surface area contributed by atoms with Crippen molar-refractivity contribution in [3.05, 3.63) is 0 Å². The van der Waals surface area contributed by atoms with Crippen molar-refractivity contribution in [2.75, 3.05) is 0 Å². The van der Waals surface area contributed by atoms with Crippen molar-refractivity contribution in [1.82, 2.24) is 0 Å². The molecular weight excluding hydrogens is 283 g/mol. The molecule has 3 heteroatoms. The van der Waals surface area contributed by atoms with Gasteiger partial charge in [0.05, 0.1) is 0 Å². The minimum atomic E-state index is -1.08. The van der Waals surface area contributed by atoms with Gasteiger partial charge in [-0.1, -0.05) is 0 Å². The molecule has 0 fully saturated rings. The molecule has 14 heavy (non-hydrogen) atoms. The molecule has 0 aromatic rings. The van der Waals surface area contributed by atoms with E-state index in [0.29, 0.717) is 0 Å². The third-order valence-corrected chi connectivity index (χ3v) is 13.4. The molecule has 2 nitrogen and oxygen atoms in total. The normalized spacial score (nSPS) is 10.1. The summed E-state index contributed by atoms with van der Waals surface area (Å²) in [4.78, 5) is 8.89. The molecule has 0 aliphatic rings. The molecule has 0 amide bonds. The Labute approximate surface area is 95.8 Å². The van der Waals surface area contributed by atoms with Gasteiger partial charge >= 0.3 is 73.1 Å². The van der Waals surface area contributed by atoms with Crippen molar-refractivity contribution in [3.8, 4) is 0 Å². The summed E-state index contributed by atoms with van der Waals surface area (Å²) in [5.74, 6) is -1.08. The third kappa shape index (κ3) is 10.4. The van der Waals surface area contributed by atoms with Crippen LogP contribution in [0.3, 0.4) is 0 Å². The Balaban J connectivity index is 0. The van der Waals surface area contributed by atoms with Gasteiger partial charge in [-0.25, -0.2) is 0 Å². The van der Waals surface area contributed by atoms with E-state index in [1.807, 2.05) is 0 Å². The summed E-state index contributed by atoms with van der Waals surface area (Å²) in [6, 6.07) is 0. The van der Waals surface area contributed by atoms with E-state index in [-0.39, 0.29) is 0 Å². The van der Waals surface area contributed by atoms with Crippen LogP contribution in [0.15, 0.2) is 0 Å². The molecule has 0 heterocycles. The monoisotopic (exact) mass is 308 g/mol. The zero-order chi connectivity index (χ0) is 11.9. The van der Waals surface area contributed by atoms with Gasteiger partial charge in [0.25, 0.3) is 0 Å². The molecule has 0 aromatic heterocycles. The Kier molecular flexibility index (Phi) is 10.2. The zero-order valence-electron chi connectivity index (χ0n) is 10.5. The van der Waals surface area contributed by atoms with E-state index in [0.717, 1.165) is 18.7 Å². The van der Waals surface area contributed by atoms with Gasteiger partial charge in [-0.2, -0.15) is 0 Å². The molecule has 0 bridgehead atoms. The van der Waals surface area contributed by atoms with Gasteiger partial charge < -0.3 is 9.90 Å². The van der Waals surface area contributed by atoms with Gasteiger partial charge in [0.2, 0.25) is 0 Å². The molecule has 0 atom stereocenters. The maximum absolute atomic E-state index is 8.89. The first-order chi connectivity index (χ1) is 6.20. The fourth-order valence-corrected chi connectivity index (χ4v) is 13.4. The Bertz CT molecular complexity index is 130. The predicted molar refractivity (Wildman–Crippen MR) is 61.7 cm³/mol. The molecule has 84 valence electrons. The van der Waals surface area contributed by atoms with Crippen LogP contribution in [0.4, 0.5) is 0 Å². The van der Waals surface area contributed by atoms with Crippen molar-refractivity contribution in [3.63, 3.8) is 0 Å². The molecule has 0 saturated heterocycles. The van der Waals surface area contributed by atoms with Crippen molar-refractivity contribution < 1.29 is 9.90 Å². The van der Waals surface area contributed by atoms with Crippen LogP contribution in [0.5, 0.6) is 0 Å². The van der Waals surface area contributed by atoms with Gasteiger partial charge in [-0.15, -0.1) is 0 Å². The summed E-state index contributed by atoms with van der Waals surface area (Å²) in [7, 11) is 0. The van der Waals surface area contributed by atoms with Crippen molar-refractivity contribution >= 4 is 25.7 Å². The Morgan fingerprint density at radius 1 is 0.929 bits per heavy atom. The van der Waals surface area contributed by atoms with Crippen LogP contribution in [-0.4, -0.2) is 25.7 Å². The van der Waals surface area contributed by atoms with Crippen LogP contribution in [0, 0.1) is 0 Å². The van der Waals surface area contributed by atoms with Crippen molar-refractivity contribution in [2.24, 2.45) is 0 Å². The van der Waals surface area contributed by atoms with Crippen LogP contribution in [0.1, 0.15) is 48.5 Å². The molecule has 0 spiro atoms. The number of hydrogen-bond acceptors (Lipinski definition) is 2.